The summed E-state index contributed by atoms with van der Waals surface area (Å²) in [5, 5.41) is 11.5. The first-order chi connectivity index (χ1) is 18.1. The van der Waals surface area contributed by atoms with E-state index >= 15 is 0 Å². The van der Waals surface area contributed by atoms with Crippen LogP contribution in [-0.4, -0.2) is 29.5 Å². The summed E-state index contributed by atoms with van der Waals surface area (Å²) in [6, 6.07) is 19.6. The lowest BCUT2D eigenvalue weighted by molar-refractivity contribution is -0.132. The average molecular weight is 512 g/mol. The van der Waals surface area contributed by atoms with E-state index in [4.69, 9.17) is 9.47 Å². The molecule has 0 spiro atoms. The molecule has 2 heterocycles. The first kappa shape index (κ1) is 25.6. The zero-order chi connectivity index (χ0) is 27.2. The second-order valence-corrected chi connectivity index (χ2v) is 10.9. The van der Waals surface area contributed by atoms with Gasteiger partial charge >= 0.3 is 0 Å². The number of fused-ring (bicyclic) bond motifs is 1. The third kappa shape index (κ3) is 4.55. The van der Waals surface area contributed by atoms with Gasteiger partial charge in [0.05, 0.1) is 18.2 Å². The summed E-state index contributed by atoms with van der Waals surface area (Å²) in [5.74, 6) is -0.236. The molecule has 3 aromatic carbocycles. The van der Waals surface area contributed by atoms with Gasteiger partial charge in [-0.3, -0.25) is 14.5 Å². The molecule has 6 heteroatoms. The lowest BCUT2D eigenvalue weighted by Gasteiger charge is -2.27. The molecular weight excluding hydrogens is 478 g/mol. The molecule has 196 valence electrons. The van der Waals surface area contributed by atoms with Crippen LogP contribution in [-0.2, 0) is 21.4 Å². The summed E-state index contributed by atoms with van der Waals surface area (Å²) in [6.45, 7) is 10.7. The number of anilines is 1. The average Bonchev–Trinajstić information content (AvgIpc) is 3.39. The number of nitrogens with zero attached hydrogens (tertiary/aromatic N) is 1. The van der Waals surface area contributed by atoms with Crippen LogP contribution in [0.5, 0.6) is 11.5 Å². The molecule has 0 bridgehead atoms. The molecule has 5 rings (SSSR count). The SMILES string of the molecule is CCOc1cccc(N2C(=O)C(=O)/C(=C(\O)c3ccc4c(c3)CC(C)O4)C2c2ccc(C(C)(C)C)cc2)c1. The molecular formula is C32H33NO5. The second-order valence-electron chi connectivity index (χ2n) is 10.9. The summed E-state index contributed by atoms with van der Waals surface area (Å²) in [6.07, 6.45) is 0.763. The van der Waals surface area contributed by atoms with Crippen molar-refractivity contribution in [2.75, 3.05) is 11.5 Å². The Morgan fingerprint density at radius 1 is 1.05 bits per heavy atom. The maximum absolute atomic E-state index is 13.5. The third-order valence-corrected chi connectivity index (χ3v) is 7.11. The highest BCUT2D eigenvalue weighted by Crippen LogP contribution is 2.44. The number of carbonyl (C=O) groups excluding carboxylic acids is 2. The Kier molecular flexibility index (Phi) is 6.51. The lowest BCUT2D eigenvalue weighted by Crippen LogP contribution is -2.29. The molecule has 3 aromatic rings. The molecule has 1 amide bonds. The van der Waals surface area contributed by atoms with Gasteiger partial charge in [-0.15, -0.1) is 0 Å². The summed E-state index contributed by atoms with van der Waals surface area (Å²) in [5.41, 5.74) is 3.84. The van der Waals surface area contributed by atoms with Gasteiger partial charge in [-0.05, 0) is 66.3 Å². The van der Waals surface area contributed by atoms with Crippen molar-refractivity contribution in [3.05, 3.63) is 94.6 Å². The van der Waals surface area contributed by atoms with E-state index in [1.807, 2.05) is 56.3 Å². The monoisotopic (exact) mass is 511 g/mol. The molecule has 1 N–H and O–H groups in total. The van der Waals surface area contributed by atoms with Crippen LogP contribution in [0.1, 0.15) is 62.9 Å². The van der Waals surface area contributed by atoms with E-state index < -0.39 is 17.7 Å². The van der Waals surface area contributed by atoms with Crippen LogP contribution in [0.2, 0.25) is 0 Å². The van der Waals surface area contributed by atoms with E-state index in [1.165, 1.54) is 4.90 Å². The molecule has 2 unspecified atom stereocenters. The highest BCUT2D eigenvalue weighted by molar-refractivity contribution is 6.51. The molecule has 1 saturated heterocycles. The summed E-state index contributed by atoms with van der Waals surface area (Å²) in [4.78, 5) is 28.5. The number of benzene rings is 3. The number of aliphatic hydroxyl groups is 1. The van der Waals surface area contributed by atoms with Crippen molar-refractivity contribution in [1.82, 2.24) is 0 Å². The highest BCUT2D eigenvalue weighted by Gasteiger charge is 2.47. The topological polar surface area (TPSA) is 76.1 Å². The number of Topliss-reactive ketones (excluding diaryl/α,β-unsaturated/α-hetero) is 1. The van der Waals surface area contributed by atoms with Crippen LogP contribution in [0.3, 0.4) is 0 Å². The summed E-state index contributed by atoms with van der Waals surface area (Å²) in [7, 11) is 0. The number of hydrogen-bond donors (Lipinski definition) is 1. The van der Waals surface area contributed by atoms with Gasteiger partial charge in [0.25, 0.3) is 11.7 Å². The smallest absolute Gasteiger partial charge is 0.300 e. The van der Waals surface area contributed by atoms with Gasteiger partial charge in [-0.1, -0.05) is 51.1 Å². The Balaban J connectivity index is 1.67. The van der Waals surface area contributed by atoms with Crippen molar-refractivity contribution in [2.45, 2.75) is 58.6 Å². The van der Waals surface area contributed by atoms with E-state index in [-0.39, 0.29) is 22.9 Å². The number of carbonyl (C=O) groups is 2. The number of rotatable bonds is 5. The van der Waals surface area contributed by atoms with Crippen LogP contribution in [0.25, 0.3) is 5.76 Å². The molecule has 0 aromatic heterocycles. The molecule has 1 fully saturated rings. The minimum atomic E-state index is -0.802. The second kappa shape index (κ2) is 9.67. The maximum Gasteiger partial charge on any atom is 0.300 e. The molecule has 2 aliphatic rings. The van der Waals surface area contributed by atoms with Crippen LogP contribution in [0.4, 0.5) is 5.69 Å². The predicted octanol–water partition coefficient (Wildman–Crippen LogP) is 6.33. The van der Waals surface area contributed by atoms with E-state index in [0.29, 0.717) is 30.0 Å². The van der Waals surface area contributed by atoms with Gasteiger partial charge < -0.3 is 14.6 Å². The fourth-order valence-electron chi connectivity index (χ4n) is 5.19. The van der Waals surface area contributed by atoms with Crippen LogP contribution in [0, 0.1) is 0 Å². The highest BCUT2D eigenvalue weighted by atomic mass is 16.5. The zero-order valence-electron chi connectivity index (χ0n) is 22.4. The van der Waals surface area contributed by atoms with Crippen molar-refractivity contribution < 1.29 is 24.2 Å². The van der Waals surface area contributed by atoms with Gasteiger partial charge in [-0.2, -0.15) is 0 Å². The van der Waals surface area contributed by atoms with Gasteiger partial charge in [0.15, 0.2) is 0 Å². The van der Waals surface area contributed by atoms with Crippen molar-refractivity contribution in [3.8, 4) is 11.5 Å². The first-order valence-corrected chi connectivity index (χ1v) is 13.0. The first-order valence-electron chi connectivity index (χ1n) is 13.0. The van der Waals surface area contributed by atoms with Crippen molar-refractivity contribution in [2.24, 2.45) is 0 Å². The Morgan fingerprint density at radius 3 is 2.47 bits per heavy atom. The van der Waals surface area contributed by atoms with Crippen molar-refractivity contribution in [3.63, 3.8) is 0 Å². The standard InChI is InChI=1S/C32H33NO5/c1-6-37-25-9-7-8-24(18-25)33-28(20-10-13-23(14-11-20)32(3,4)5)27(30(35)31(33)36)29(34)21-12-15-26-22(17-21)16-19(2)38-26/h7-15,17-19,28,34H,6,16H2,1-5H3/b29-27-. The maximum atomic E-state index is 13.5. The molecule has 2 aliphatic heterocycles. The molecule has 38 heavy (non-hydrogen) atoms. The number of hydrogen-bond acceptors (Lipinski definition) is 5. The molecule has 0 aliphatic carbocycles. The van der Waals surface area contributed by atoms with Gasteiger partial charge in [0, 0.05) is 23.7 Å². The minimum absolute atomic E-state index is 0.0481. The Morgan fingerprint density at radius 2 is 1.79 bits per heavy atom. The third-order valence-electron chi connectivity index (χ3n) is 7.11. The molecule has 6 nitrogen and oxygen atoms in total. The van der Waals surface area contributed by atoms with Crippen LogP contribution in [0.15, 0.2) is 72.3 Å². The summed E-state index contributed by atoms with van der Waals surface area (Å²) >= 11 is 0. The number of amides is 1. The zero-order valence-corrected chi connectivity index (χ0v) is 22.4. The number of aliphatic hydroxyl groups excluding tert-OH is 1. The Labute approximate surface area is 223 Å². The number of ketones is 1. The van der Waals surface area contributed by atoms with Gasteiger partial charge in [0.2, 0.25) is 0 Å². The van der Waals surface area contributed by atoms with Crippen molar-refractivity contribution >= 4 is 23.1 Å². The minimum Gasteiger partial charge on any atom is -0.507 e. The van der Waals surface area contributed by atoms with Gasteiger partial charge in [0.1, 0.15) is 23.4 Å². The van der Waals surface area contributed by atoms with E-state index in [1.54, 1.807) is 24.3 Å². The largest absolute Gasteiger partial charge is 0.507 e. The fourth-order valence-corrected chi connectivity index (χ4v) is 5.19. The van der Waals surface area contributed by atoms with Crippen LogP contribution >= 0.6 is 0 Å². The lowest BCUT2D eigenvalue weighted by atomic mass is 9.85. The van der Waals surface area contributed by atoms with E-state index in [9.17, 15) is 14.7 Å². The molecule has 2 atom stereocenters. The molecule has 0 saturated carbocycles. The normalized spacial score (nSPS) is 20.4. The Hall–Kier alpha value is -4.06. The van der Waals surface area contributed by atoms with Gasteiger partial charge in [-0.25, -0.2) is 0 Å². The number of ether oxygens (including phenoxy) is 2. The van der Waals surface area contributed by atoms with Crippen LogP contribution < -0.4 is 14.4 Å². The molecule has 0 radical (unpaired) electrons. The Bertz CT molecular complexity index is 1430. The summed E-state index contributed by atoms with van der Waals surface area (Å²) < 4.78 is 11.5. The van der Waals surface area contributed by atoms with E-state index in [2.05, 4.69) is 20.8 Å². The van der Waals surface area contributed by atoms with Crippen molar-refractivity contribution in [1.29, 1.82) is 0 Å². The quantitative estimate of drug-likeness (QED) is 0.246. The fraction of sp³-hybridized carbons (Fsp3) is 0.312. The van der Waals surface area contributed by atoms with E-state index in [0.717, 1.165) is 22.4 Å². The predicted molar refractivity (Wildman–Crippen MR) is 148 cm³/mol.